The molecule has 0 aliphatic heterocycles. The Kier molecular flexibility index (Phi) is 4.33. The molecule has 0 spiro atoms. The van der Waals surface area contributed by atoms with Gasteiger partial charge in [-0.1, -0.05) is 17.7 Å². The summed E-state index contributed by atoms with van der Waals surface area (Å²) in [5.41, 5.74) is 0.383. The number of esters is 1. The van der Waals surface area contributed by atoms with E-state index in [2.05, 4.69) is 0 Å². The fourth-order valence-corrected chi connectivity index (χ4v) is 2.05. The topological polar surface area (TPSA) is 43.4 Å². The van der Waals surface area contributed by atoms with Gasteiger partial charge in [0, 0.05) is 12.0 Å². The molecule has 0 heterocycles. The van der Waals surface area contributed by atoms with Gasteiger partial charge in [0.05, 0.1) is 6.61 Å². The van der Waals surface area contributed by atoms with Crippen LogP contribution in [-0.2, 0) is 14.3 Å². The maximum absolute atomic E-state index is 11.8. The van der Waals surface area contributed by atoms with Gasteiger partial charge in [0.1, 0.15) is 5.41 Å². The summed E-state index contributed by atoms with van der Waals surface area (Å²) in [6.45, 7) is 2.04. The van der Waals surface area contributed by atoms with E-state index in [-0.39, 0.29) is 5.78 Å². The molecule has 0 aromatic rings. The minimum Gasteiger partial charge on any atom is -0.465 e. The van der Waals surface area contributed by atoms with Crippen LogP contribution >= 0.6 is 11.6 Å². The first-order chi connectivity index (χ1) is 7.17. The van der Waals surface area contributed by atoms with Crippen LogP contribution in [0.2, 0.25) is 0 Å². The third-order valence-corrected chi connectivity index (χ3v) is 2.94. The van der Waals surface area contributed by atoms with Gasteiger partial charge in [-0.25, -0.2) is 0 Å². The maximum atomic E-state index is 11.8. The van der Waals surface area contributed by atoms with E-state index in [0.717, 1.165) is 6.42 Å². The van der Waals surface area contributed by atoms with Gasteiger partial charge in [-0.3, -0.25) is 9.59 Å². The van der Waals surface area contributed by atoms with Gasteiger partial charge >= 0.3 is 5.97 Å². The minimum absolute atomic E-state index is 0.0179. The van der Waals surface area contributed by atoms with Crippen LogP contribution < -0.4 is 0 Å². The molecular formula is C11H15ClO3. The number of carbonyl (C=O) groups excluding carboxylic acids is 2. The quantitative estimate of drug-likeness (QED) is 0.550. The van der Waals surface area contributed by atoms with Crippen molar-refractivity contribution in [1.82, 2.24) is 0 Å². The number of halogens is 1. The highest BCUT2D eigenvalue weighted by atomic mass is 35.5. The van der Waals surface area contributed by atoms with Crippen LogP contribution in [0, 0.1) is 5.41 Å². The number of Topliss-reactive ketones (excluding diaryl/α,β-unsaturated/α-hetero) is 1. The highest BCUT2D eigenvalue weighted by Crippen LogP contribution is 2.39. The van der Waals surface area contributed by atoms with Crippen LogP contribution in [0.15, 0.2) is 11.6 Å². The van der Waals surface area contributed by atoms with Crippen LogP contribution in [-0.4, -0.2) is 18.4 Å². The van der Waals surface area contributed by atoms with E-state index in [1.807, 2.05) is 0 Å². The standard InChI is InChI=1S/C11H15ClO3/c1-2-15-10(14)11(7-4-8-12)6-3-5-9(11)13/h4,8H,2-3,5-7H2,1H3/b8-4+. The highest BCUT2D eigenvalue weighted by molar-refractivity contribution is 6.25. The summed E-state index contributed by atoms with van der Waals surface area (Å²) in [5.74, 6) is -0.419. The maximum Gasteiger partial charge on any atom is 0.319 e. The molecule has 0 aromatic carbocycles. The van der Waals surface area contributed by atoms with E-state index in [1.54, 1.807) is 13.0 Å². The Balaban J connectivity index is 2.85. The van der Waals surface area contributed by atoms with Gasteiger partial charge in [-0.15, -0.1) is 0 Å². The molecule has 15 heavy (non-hydrogen) atoms. The number of carbonyl (C=O) groups is 2. The molecule has 1 aliphatic carbocycles. The highest BCUT2D eigenvalue weighted by Gasteiger charge is 2.48. The molecule has 1 unspecified atom stereocenters. The molecule has 1 fully saturated rings. The zero-order chi connectivity index (χ0) is 11.3. The summed E-state index contributed by atoms with van der Waals surface area (Å²) in [6, 6.07) is 0. The number of ketones is 1. The predicted octanol–water partition coefficient (Wildman–Crippen LogP) is 2.43. The van der Waals surface area contributed by atoms with Crippen molar-refractivity contribution in [3.05, 3.63) is 11.6 Å². The zero-order valence-electron chi connectivity index (χ0n) is 8.79. The van der Waals surface area contributed by atoms with E-state index >= 15 is 0 Å². The van der Waals surface area contributed by atoms with Crippen molar-refractivity contribution in [1.29, 1.82) is 0 Å². The van der Waals surface area contributed by atoms with E-state index in [9.17, 15) is 9.59 Å². The summed E-state index contributed by atoms with van der Waals surface area (Å²) in [5, 5.41) is 0. The molecule has 1 saturated carbocycles. The summed E-state index contributed by atoms with van der Waals surface area (Å²) < 4.78 is 4.96. The molecule has 0 bridgehead atoms. The third kappa shape index (κ3) is 2.40. The van der Waals surface area contributed by atoms with E-state index in [4.69, 9.17) is 16.3 Å². The largest absolute Gasteiger partial charge is 0.465 e. The predicted molar refractivity (Wildman–Crippen MR) is 57.5 cm³/mol. The Hall–Kier alpha value is -0.830. The second kappa shape index (κ2) is 5.31. The lowest BCUT2D eigenvalue weighted by Gasteiger charge is -2.23. The Morgan fingerprint density at radius 1 is 1.67 bits per heavy atom. The number of rotatable bonds is 4. The second-order valence-corrected chi connectivity index (χ2v) is 3.90. The van der Waals surface area contributed by atoms with Crippen LogP contribution in [0.5, 0.6) is 0 Å². The van der Waals surface area contributed by atoms with Crippen molar-refractivity contribution in [3.8, 4) is 0 Å². The smallest absolute Gasteiger partial charge is 0.319 e. The molecular weight excluding hydrogens is 216 g/mol. The molecule has 0 amide bonds. The molecule has 1 atom stereocenters. The summed E-state index contributed by atoms with van der Waals surface area (Å²) in [4.78, 5) is 23.5. The first-order valence-electron chi connectivity index (χ1n) is 5.13. The molecule has 3 nitrogen and oxygen atoms in total. The van der Waals surface area contributed by atoms with Crippen LogP contribution in [0.3, 0.4) is 0 Å². The van der Waals surface area contributed by atoms with Crippen LogP contribution in [0.25, 0.3) is 0 Å². The molecule has 0 N–H and O–H groups in total. The lowest BCUT2D eigenvalue weighted by molar-refractivity contribution is -0.158. The lowest BCUT2D eigenvalue weighted by atomic mass is 9.82. The molecule has 0 radical (unpaired) electrons. The Bertz CT molecular complexity index is 286. The summed E-state index contributed by atoms with van der Waals surface area (Å²) >= 11 is 5.43. The fourth-order valence-electron chi connectivity index (χ4n) is 1.96. The molecule has 84 valence electrons. The van der Waals surface area contributed by atoms with Crippen molar-refractivity contribution in [2.75, 3.05) is 6.61 Å². The van der Waals surface area contributed by atoms with Gasteiger partial charge in [-0.05, 0) is 26.2 Å². The van der Waals surface area contributed by atoms with Gasteiger partial charge in [0.2, 0.25) is 0 Å². The lowest BCUT2D eigenvalue weighted by Crippen LogP contribution is -2.36. The Morgan fingerprint density at radius 3 is 2.87 bits per heavy atom. The first kappa shape index (κ1) is 12.2. The van der Waals surface area contributed by atoms with E-state index in [1.165, 1.54) is 5.54 Å². The van der Waals surface area contributed by atoms with Crippen molar-refractivity contribution < 1.29 is 14.3 Å². The molecule has 1 aliphatic rings. The van der Waals surface area contributed by atoms with Gasteiger partial charge < -0.3 is 4.74 Å². The average Bonchev–Trinajstić information content (AvgIpc) is 2.58. The Morgan fingerprint density at radius 2 is 2.40 bits per heavy atom. The number of hydrogen-bond donors (Lipinski definition) is 0. The SMILES string of the molecule is CCOC(=O)C1(C/C=C/Cl)CCCC1=O. The van der Waals surface area contributed by atoms with Gasteiger partial charge in [0.25, 0.3) is 0 Å². The first-order valence-corrected chi connectivity index (χ1v) is 5.57. The minimum atomic E-state index is -0.957. The van der Waals surface area contributed by atoms with E-state index in [0.29, 0.717) is 25.9 Å². The molecule has 4 heteroatoms. The van der Waals surface area contributed by atoms with Gasteiger partial charge in [0.15, 0.2) is 5.78 Å². The zero-order valence-corrected chi connectivity index (χ0v) is 9.55. The monoisotopic (exact) mass is 230 g/mol. The normalized spacial score (nSPS) is 26.1. The fraction of sp³-hybridized carbons (Fsp3) is 0.636. The molecule has 0 aromatic heterocycles. The summed E-state index contributed by atoms with van der Waals surface area (Å²) in [7, 11) is 0. The van der Waals surface area contributed by atoms with Crippen molar-refractivity contribution >= 4 is 23.4 Å². The number of hydrogen-bond acceptors (Lipinski definition) is 3. The van der Waals surface area contributed by atoms with Crippen molar-refractivity contribution in [3.63, 3.8) is 0 Å². The van der Waals surface area contributed by atoms with Crippen molar-refractivity contribution in [2.24, 2.45) is 5.41 Å². The van der Waals surface area contributed by atoms with Gasteiger partial charge in [-0.2, -0.15) is 0 Å². The average molecular weight is 231 g/mol. The van der Waals surface area contributed by atoms with Crippen molar-refractivity contribution in [2.45, 2.75) is 32.6 Å². The Labute approximate surface area is 94.4 Å². The third-order valence-electron chi connectivity index (χ3n) is 2.76. The van der Waals surface area contributed by atoms with Crippen LogP contribution in [0.4, 0.5) is 0 Å². The van der Waals surface area contributed by atoms with E-state index < -0.39 is 11.4 Å². The number of allylic oxidation sites excluding steroid dienone is 1. The second-order valence-electron chi connectivity index (χ2n) is 3.65. The molecule has 1 rings (SSSR count). The summed E-state index contributed by atoms with van der Waals surface area (Å²) in [6.07, 6.45) is 3.80. The molecule has 0 saturated heterocycles. The van der Waals surface area contributed by atoms with Crippen LogP contribution in [0.1, 0.15) is 32.6 Å². The number of ether oxygens (including phenoxy) is 1.